The summed E-state index contributed by atoms with van der Waals surface area (Å²) >= 11 is 11.4. The van der Waals surface area contributed by atoms with Crippen molar-refractivity contribution < 1.29 is 30.6 Å². The topological polar surface area (TPSA) is 84.7 Å². The maximum atomic E-state index is 13.4. The van der Waals surface area contributed by atoms with Crippen LogP contribution in [0.25, 0.3) is 0 Å². The van der Waals surface area contributed by atoms with Crippen molar-refractivity contribution in [1.82, 2.24) is 9.78 Å². The van der Waals surface area contributed by atoms with Gasteiger partial charge in [0.05, 0.1) is 0 Å². The number of nitrogen functional groups attached to an aromatic ring is 1. The maximum absolute atomic E-state index is 13.4. The second kappa shape index (κ2) is 6.47. The van der Waals surface area contributed by atoms with E-state index in [2.05, 4.69) is 5.10 Å². The van der Waals surface area contributed by atoms with Gasteiger partial charge in [-0.15, -0.1) is 11.6 Å². The molecule has 26 heavy (non-hydrogen) atoms. The van der Waals surface area contributed by atoms with Crippen LogP contribution in [0.4, 0.5) is 32.2 Å². The van der Waals surface area contributed by atoms with Gasteiger partial charge in [0.15, 0.2) is 21.4 Å². The summed E-state index contributed by atoms with van der Waals surface area (Å²) in [7, 11) is -3.80. The fraction of sp³-hybridized carbons (Fsp3) is 0.333. The lowest BCUT2D eigenvalue weighted by Gasteiger charge is -2.36. The van der Waals surface area contributed by atoms with Gasteiger partial charge < -0.3 is 5.73 Å². The van der Waals surface area contributed by atoms with Crippen molar-refractivity contribution >= 4 is 39.8 Å². The summed E-state index contributed by atoms with van der Waals surface area (Å²) < 4.78 is 90.4. The summed E-state index contributed by atoms with van der Waals surface area (Å²) in [4.78, 5) is -4.47. The minimum Gasteiger partial charge on any atom is -0.383 e. The molecule has 14 heteroatoms. The molecule has 0 bridgehead atoms. The Balaban J connectivity index is 2.75. The van der Waals surface area contributed by atoms with Crippen molar-refractivity contribution in [1.29, 1.82) is 5.26 Å². The van der Waals surface area contributed by atoms with Gasteiger partial charge in [-0.2, -0.15) is 36.7 Å². The van der Waals surface area contributed by atoms with Crippen molar-refractivity contribution in [2.24, 2.45) is 0 Å². The molecule has 142 valence electrons. The largest absolute Gasteiger partial charge is 0.476 e. The zero-order valence-electron chi connectivity index (χ0n) is 12.1. The first-order valence-electron chi connectivity index (χ1n) is 6.33. The van der Waals surface area contributed by atoms with Crippen LogP contribution in [0.3, 0.4) is 0 Å². The molecule has 3 unspecified atom stereocenters. The molecule has 1 aliphatic rings. The molecule has 1 aromatic heterocycles. The van der Waals surface area contributed by atoms with E-state index in [4.69, 9.17) is 34.2 Å². The molecule has 1 aliphatic carbocycles. The first-order chi connectivity index (χ1) is 11.8. The predicted molar refractivity (Wildman–Crippen MR) is 80.6 cm³/mol. The van der Waals surface area contributed by atoms with Crippen LogP contribution in [-0.2, 0) is 10.8 Å². The van der Waals surface area contributed by atoms with Crippen LogP contribution >= 0.6 is 23.2 Å². The third-order valence-corrected chi connectivity index (χ3v) is 5.41. The fourth-order valence-electron chi connectivity index (χ4n) is 2.21. The van der Waals surface area contributed by atoms with Gasteiger partial charge in [0.2, 0.25) is 0 Å². The standard InChI is InChI=1S/C12H6Cl2F6N4OS/c13-5-2-1-3-10(14,11(15,16)17)8(5)24-9(22)7(6(4-21)23-24)26(25)12(18,19)20/h1-3,8H,22H2. The van der Waals surface area contributed by atoms with Gasteiger partial charge in [-0.25, -0.2) is 8.89 Å². The SMILES string of the molecule is N#Cc1nn(C2C(Cl)=CC=CC2(Cl)C(F)(F)F)c(N)c1S(=O)C(F)(F)F. The van der Waals surface area contributed by atoms with Crippen molar-refractivity contribution in [3.8, 4) is 6.07 Å². The van der Waals surface area contributed by atoms with Crippen LogP contribution < -0.4 is 5.73 Å². The van der Waals surface area contributed by atoms with Crippen molar-refractivity contribution in [3.05, 3.63) is 29.0 Å². The summed E-state index contributed by atoms with van der Waals surface area (Å²) in [5.74, 6) is -1.07. The molecule has 0 saturated heterocycles. The number of allylic oxidation sites excluding steroid dienone is 4. The first-order valence-corrected chi connectivity index (χ1v) is 8.23. The van der Waals surface area contributed by atoms with Gasteiger partial charge in [-0.3, -0.25) is 0 Å². The summed E-state index contributed by atoms with van der Waals surface area (Å²) in [5, 5.41) is 11.7. The van der Waals surface area contributed by atoms with Crippen molar-refractivity contribution in [2.75, 3.05) is 5.73 Å². The minimum atomic E-state index is -5.32. The molecule has 0 radical (unpaired) electrons. The number of nitrogens with zero attached hydrogens (tertiary/aromatic N) is 3. The Labute approximate surface area is 154 Å². The zero-order valence-corrected chi connectivity index (χ0v) is 14.4. The molecular weight excluding hydrogens is 433 g/mol. The highest BCUT2D eigenvalue weighted by Crippen LogP contribution is 2.52. The number of nitriles is 1. The molecular formula is C12H6Cl2F6N4OS. The van der Waals surface area contributed by atoms with E-state index in [0.29, 0.717) is 6.08 Å². The number of aromatic nitrogens is 2. The van der Waals surface area contributed by atoms with Crippen LogP contribution in [0.2, 0.25) is 0 Å². The molecule has 0 aliphatic heterocycles. The van der Waals surface area contributed by atoms with Crippen LogP contribution in [0, 0.1) is 11.3 Å². The molecule has 3 atom stereocenters. The highest BCUT2D eigenvalue weighted by Gasteiger charge is 2.60. The molecule has 5 nitrogen and oxygen atoms in total. The molecule has 0 amide bonds. The second-order valence-corrected chi connectivity index (χ2v) is 7.38. The third-order valence-electron chi connectivity index (χ3n) is 3.34. The fourth-order valence-corrected chi connectivity index (χ4v) is 3.66. The van der Waals surface area contributed by atoms with E-state index >= 15 is 0 Å². The lowest BCUT2D eigenvalue weighted by atomic mass is 9.93. The molecule has 2 rings (SSSR count). The molecule has 2 N–H and O–H groups in total. The van der Waals surface area contributed by atoms with Crippen LogP contribution in [-0.4, -0.2) is 30.5 Å². The average Bonchev–Trinajstić information content (AvgIpc) is 2.81. The van der Waals surface area contributed by atoms with Gasteiger partial charge in [0.1, 0.15) is 22.8 Å². The normalized spacial score (nSPS) is 24.9. The third kappa shape index (κ3) is 3.19. The van der Waals surface area contributed by atoms with E-state index in [9.17, 15) is 30.6 Å². The highest BCUT2D eigenvalue weighted by molar-refractivity contribution is 7.86. The number of alkyl halides is 7. The van der Waals surface area contributed by atoms with Gasteiger partial charge in [-0.05, 0) is 6.08 Å². The molecule has 0 spiro atoms. The van der Waals surface area contributed by atoms with Gasteiger partial charge in [0, 0.05) is 5.03 Å². The quantitative estimate of drug-likeness (QED) is 0.562. The van der Waals surface area contributed by atoms with Crippen molar-refractivity contribution in [3.63, 3.8) is 0 Å². The Morgan fingerprint density at radius 2 is 1.92 bits per heavy atom. The number of anilines is 1. The molecule has 1 aromatic rings. The molecule has 1 heterocycles. The number of nitrogens with two attached hydrogens (primary N) is 1. The van der Waals surface area contributed by atoms with Crippen LogP contribution in [0.15, 0.2) is 28.2 Å². The Hall–Kier alpha value is -1.71. The number of halogens is 8. The monoisotopic (exact) mass is 438 g/mol. The zero-order chi connectivity index (χ0) is 20.1. The summed E-state index contributed by atoms with van der Waals surface area (Å²) in [6, 6.07) is -0.889. The van der Waals surface area contributed by atoms with Gasteiger partial charge >= 0.3 is 11.7 Å². The van der Waals surface area contributed by atoms with Crippen LogP contribution in [0.1, 0.15) is 11.7 Å². The predicted octanol–water partition coefficient (Wildman–Crippen LogP) is 3.74. The van der Waals surface area contributed by atoms with E-state index < -0.39 is 54.8 Å². The van der Waals surface area contributed by atoms with E-state index in [1.807, 2.05) is 0 Å². The summed E-state index contributed by atoms with van der Waals surface area (Å²) in [6.45, 7) is 0. The lowest BCUT2D eigenvalue weighted by molar-refractivity contribution is -0.157. The molecule has 0 fully saturated rings. The number of rotatable bonds is 2. The number of hydrogen-bond donors (Lipinski definition) is 1. The number of hydrogen-bond acceptors (Lipinski definition) is 4. The summed E-state index contributed by atoms with van der Waals surface area (Å²) in [5.41, 5.74) is -0.920. The minimum absolute atomic E-state index is 0.223. The van der Waals surface area contributed by atoms with E-state index in [-0.39, 0.29) is 4.68 Å². The van der Waals surface area contributed by atoms with E-state index in [0.717, 1.165) is 12.2 Å². The summed E-state index contributed by atoms with van der Waals surface area (Å²) in [6.07, 6.45) is -2.69. The van der Waals surface area contributed by atoms with Gasteiger partial charge in [0.25, 0.3) is 0 Å². The van der Waals surface area contributed by atoms with Crippen molar-refractivity contribution in [2.45, 2.75) is 27.5 Å². The first kappa shape index (κ1) is 20.6. The van der Waals surface area contributed by atoms with E-state index in [1.165, 1.54) is 6.07 Å². The van der Waals surface area contributed by atoms with Crippen LogP contribution in [0.5, 0.6) is 0 Å². The Bertz CT molecular complexity index is 869. The Morgan fingerprint density at radius 3 is 2.38 bits per heavy atom. The Kier molecular flexibility index (Phi) is 5.13. The molecule has 0 saturated carbocycles. The smallest absolute Gasteiger partial charge is 0.383 e. The maximum Gasteiger partial charge on any atom is 0.476 e. The van der Waals surface area contributed by atoms with E-state index in [1.54, 1.807) is 0 Å². The second-order valence-electron chi connectivity index (χ2n) is 4.91. The van der Waals surface area contributed by atoms with Gasteiger partial charge in [-0.1, -0.05) is 23.8 Å². The lowest BCUT2D eigenvalue weighted by Crippen LogP contribution is -2.47. The highest BCUT2D eigenvalue weighted by atomic mass is 35.5. The molecule has 0 aromatic carbocycles. The Morgan fingerprint density at radius 1 is 1.35 bits per heavy atom. The average molecular weight is 439 g/mol.